The maximum absolute atomic E-state index is 4.71. The number of rotatable bonds is 4. The molecule has 0 radical (unpaired) electrons. The maximum atomic E-state index is 4.71. The normalized spacial score (nSPS) is 11.0. The van der Waals surface area contributed by atoms with Crippen molar-refractivity contribution in [3.05, 3.63) is 46.3 Å². The van der Waals surface area contributed by atoms with Gasteiger partial charge in [0.2, 0.25) is 0 Å². The van der Waals surface area contributed by atoms with Crippen LogP contribution in [0.2, 0.25) is 0 Å². The number of hydrogen-bond donors (Lipinski definition) is 1. The molecule has 0 spiro atoms. The first-order valence-electron chi connectivity index (χ1n) is 6.88. The van der Waals surface area contributed by atoms with Crippen LogP contribution in [0.15, 0.2) is 18.2 Å². The van der Waals surface area contributed by atoms with Gasteiger partial charge in [-0.15, -0.1) is 0 Å². The minimum absolute atomic E-state index is 0.858. The van der Waals surface area contributed by atoms with Gasteiger partial charge in [0, 0.05) is 12.2 Å². The van der Waals surface area contributed by atoms with E-state index in [0.29, 0.717) is 0 Å². The molecule has 0 unspecified atom stereocenters. The highest BCUT2D eigenvalue weighted by Gasteiger charge is 2.13. The summed E-state index contributed by atoms with van der Waals surface area (Å²) in [5, 5.41) is 7.95. The molecule has 0 atom stereocenters. The molecule has 1 aromatic carbocycles. The molecule has 2 rings (SSSR count). The van der Waals surface area contributed by atoms with Crippen molar-refractivity contribution < 1.29 is 0 Å². The van der Waals surface area contributed by atoms with Gasteiger partial charge in [0.15, 0.2) is 0 Å². The molecule has 0 bridgehead atoms. The van der Waals surface area contributed by atoms with Gasteiger partial charge in [-0.2, -0.15) is 5.10 Å². The Bertz CT molecular complexity index is 582. The van der Waals surface area contributed by atoms with Crippen LogP contribution < -0.4 is 5.32 Å². The molecule has 0 fully saturated rings. The molecule has 3 heteroatoms. The van der Waals surface area contributed by atoms with Crippen molar-refractivity contribution in [2.75, 3.05) is 7.05 Å². The van der Waals surface area contributed by atoms with Crippen LogP contribution in [0.1, 0.15) is 35.0 Å². The van der Waals surface area contributed by atoms with E-state index in [-0.39, 0.29) is 0 Å². The number of nitrogens with one attached hydrogen (secondary N) is 1. The third kappa shape index (κ3) is 2.56. The highest BCUT2D eigenvalue weighted by Crippen LogP contribution is 2.22. The Labute approximate surface area is 115 Å². The van der Waals surface area contributed by atoms with Gasteiger partial charge >= 0.3 is 0 Å². The van der Waals surface area contributed by atoms with E-state index < -0.39 is 0 Å². The summed E-state index contributed by atoms with van der Waals surface area (Å²) in [5.74, 6) is 0. The van der Waals surface area contributed by atoms with Crippen molar-refractivity contribution in [2.45, 2.75) is 40.7 Å². The third-order valence-corrected chi connectivity index (χ3v) is 3.63. The largest absolute Gasteiger partial charge is 0.316 e. The summed E-state index contributed by atoms with van der Waals surface area (Å²) >= 11 is 0. The van der Waals surface area contributed by atoms with Crippen molar-refractivity contribution in [1.82, 2.24) is 15.1 Å². The van der Waals surface area contributed by atoms with Crippen LogP contribution in [0.25, 0.3) is 5.69 Å². The predicted octanol–water partition coefficient (Wildman–Crippen LogP) is 3.08. The van der Waals surface area contributed by atoms with Crippen LogP contribution in [-0.4, -0.2) is 16.8 Å². The SMILES string of the molecule is CCc1c(C)nn(-c2ccc(C)cc2CNC)c1C. The molecule has 0 saturated carbocycles. The number of benzene rings is 1. The van der Waals surface area contributed by atoms with Crippen molar-refractivity contribution in [1.29, 1.82) is 0 Å². The summed E-state index contributed by atoms with van der Waals surface area (Å²) in [4.78, 5) is 0. The van der Waals surface area contributed by atoms with Gasteiger partial charge in [0.25, 0.3) is 0 Å². The molecular weight excluding hydrogens is 234 g/mol. The van der Waals surface area contributed by atoms with Gasteiger partial charge in [-0.05, 0) is 51.4 Å². The summed E-state index contributed by atoms with van der Waals surface area (Å²) in [6, 6.07) is 6.55. The summed E-state index contributed by atoms with van der Waals surface area (Å²) in [7, 11) is 1.98. The fraction of sp³-hybridized carbons (Fsp3) is 0.438. The molecule has 102 valence electrons. The van der Waals surface area contributed by atoms with Gasteiger partial charge in [-0.3, -0.25) is 0 Å². The fourth-order valence-electron chi connectivity index (χ4n) is 2.67. The zero-order valence-corrected chi connectivity index (χ0v) is 12.5. The molecule has 0 aliphatic carbocycles. The topological polar surface area (TPSA) is 29.9 Å². The monoisotopic (exact) mass is 257 g/mol. The second-order valence-electron chi connectivity index (χ2n) is 5.08. The molecular formula is C16H23N3. The zero-order valence-electron chi connectivity index (χ0n) is 12.5. The number of hydrogen-bond acceptors (Lipinski definition) is 2. The third-order valence-electron chi connectivity index (χ3n) is 3.63. The lowest BCUT2D eigenvalue weighted by atomic mass is 10.1. The molecule has 19 heavy (non-hydrogen) atoms. The Hall–Kier alpha value is -1.61. The lowest BCUT2D eigenvalue weighted by Gasteiger charge is -2.12. The molecule has 0 saturated heterocycles. The van der Waals surface area contributed by atoms with Gasteiger partial charge in [0.1, 0.15) is 0 Å². The zero-order chi connectivity index (χ0) is 14.0. The average molecular weight is 257 g/mol. The molecule has 3 nitrogen and oxygen atoms in total. The summed E-state index contributed by atoms with van der Waals surface area (Å²) < 4.78 is 2.08. The Morgan fingerprint density at radius 1 is 1.21 bits per heavy atom. The maximum Gasteiger partial charge on any atom is 0.0694 e. The Balaban J connectivity index is 2.58. The first-order valence-corrected chi connectivity index (χ1v) is 6.88. The summed E-state index contributed by atoms with van der Waals surface area (Å²) in [6.45, 7) is 9.42. The van der Waals surface area contributed by atoms with Crippen molar-refractivity contribution >= 4 is 0 Å². The van der Waals surface area contributed by atoms with Gasteiger partial charge in [-0.1, -0.05) is 24.6 Å². The Kier molecular flexibility index (Phi) is 4.05. The van der Waals surface area contributed by atoms with Gasteiger partial charge in [0.05, 0.1) is 11.4 Å². The van der Waals surface area contributed by atoms with E-state index in [9.17, 15) is 0 Å². The molecule has 1 N–H and O–H groups in total. The lowest BCUT2D eigenvalue weighted by molar-refractivity contribution is 0.774. The molecule has 1 aromatic heterocycles. The minimum Gasteiger partial charge on any atom is -0.316 e. The molecule has 0 amide bonds. The molecule has 2 aromatic rings. The van der Waals surface area contributed by atoms with E-state index in [0.717, 1.165) is 18.7 Å². The molecule has 0 aliphatic heterocycles. The van der Waals surface area contributed by atoms with Crippen LogP contribution in [0.3, 0.4) is 0 Å². The van der Waals surface area contributed by atoms with Crippen LogP contribution in [0.4, 0.5) is 0 Å². The average Bonchev–Trinajstić information content (AvgIpc) is 2.65. The standard InChI is InChI=1S/C16H23N3/c1-6-15-12(3)18-19(13(15)4)16-8-7-11(2)9-14(16)10-17-5/h7-9,17H,6,10H2,1-5H3. The van der Waals surface area contributed by atoms with Crippen LogP contribution in [0.5, 0.6) is 0 Å². The van der Waals surface area contributed by atoms with E-state index in [1.807, 2.05) is 7.05 Å². The first kappa shape index (κ1) is 13.8. The number of aryl methyl sites for hydroxylation is 2. The van der Waals surface area contributed by atoms with E-state index >= 15 is 0 Å². The highest BCUT2D eigenvalue weighted by molar-refractivity contribution is 5.45. The molecule has 0 aliphatic rings. The molecule has 1 heterocycles. The summed E-state index contributed by atoms with van der Waals surface area (Å²) in [5.41, 5.74) is 7.50. The number of aromatic nitrogens is 2. The Morgan fingerprint density at radius 2 is 1.95 bits per heavy atom. The highest BCUT2D eigenvalue weighted by atomic mass is 15.3. The second-order valence-corrected chi connectivity index (χ2v) is 5.08. The second kappa shape index (κ2) is 5.57. The number of nitrogens with zero attached hydrogens (tertiary/aromatic N) is 2. The smallest absolute Gasteiger partial charge is 0.0694 e. The van der Waals surface area contributed by atoms with Crippen LogP contribution in [0, 0.1) is 20.8 Å². The van der Waals surface area contributed by atoms with Crippen LogP contribution in [-0.2, 0) is 13.0 Å². The van der Waals surface area contributed by atoms with Gasteiger partial charge in [-0.25, -0.2) is 4.68 Å². The summed E-state index contributed by atoms with van der Waals surface area (Å²) in [6.07, 6.45) is 1.03. The first-order chi connectivity index (χ1) is 9.08. The van der Waals surface area contributed by atoms with E-state index in [1.165, 1.54) is 28.1 Å². The predicted molar refractivity (Wildman–Crippen MR) is 79.9 cm³/mol. The van der Waals surface area contributed by atoms with E-state index in [1.54, 1.807) is 0 Å². The minimum atomic E-state index is 0.858. The van der Waals surface area contributed by atoms with Crippen molar-refractivity contribution in [2.24, 2.45) is 0 Å². The fourth-order valence-corrected chi connectivity index (χ4v) is 2.67. The van der Waals surface area contributed by atoms with Gasteiger partial charge < -0.3 is 5.32 Å². The lowest BCUT2D eigenvalue weighted by Crippen LogP contribution is -2.11. The van der Waals surface area contributed by atoms with E-state index in [2.05, 4.69) is 55.9 Å². The quantitative estimate of drug-likeness (QED) is 0.912. The Morgan fingerprint density at radius 3 is 2.53 bits per heavy atom. The van der Waals surface area contributed by atoms with E-state index in [4.69, 9.17) is 5.10 Å². The van der Waals surface area contributed by atoms with Crippen LogP contribution >= 0.6 is 0 Å². The van der Waals surface area contributed by atoms with Crippen molar-refractivity contribution in [3.63, 3.8) is 0 Å². The van der Waals surface area contributed by atoms with Crippen molar-refractivity contribution in [3.8, 4) is 5.69 Å².